The van der Waals surface area contributed by atoms with Crippen LogP contribution >= 0.6 is 11.3 Å². The van der Waals surface area contributed by atoms with Crippen LogP contribution in [0.15, 0.2) is 24.5 Å². The quantitative estimate of drug-likeness (QED) is 0.285. The highest BCUT2D eigenvalue weighted by Crippen LogP contribution is 2.42. The lowest BCUT2D eigenvalue weighted by Crippen LogP contribution is -2.36. The van der Waals surface area contributed by atoms with Crippen molar-refractivity contribution in [3.8, 4) is 17.0 Å². The van der Waals surface area contributed by atoms with E-state index in [0.717, 1.165) is 56.4 Å². The van der Waals surface area contributed by atoms with Gasteiger partial charge in [0, 0.05) is 36.1 Å². The number of aliphatic carboxylic acids is 1. The number of ether oxygens (including phenoxy) is 1. The number of piperidine rings is 1. The predicted octanol–water partition coefficient (Wildman–Crippen LogP) is 5.69. The second-order valence-electron chi connectivity index (χ2n) is 10.8. The predicted molar refractivity (Wildman–Crippen MR) is 155 cm³/mol. The third-order valence-electron chi connectivity index (χ3n) is 8.10. The van der Waals surface area contributed by atoms with Gasteiger partial charge in [0.05, 0.1) is 31.1 Å². The summed E-state index contributed by atoms with van der Waals surface area (Å²) in [7, 11) is 0.976. The Balaban J connectivity index is 1.40. The van der Waals surface area contributed by atoms with E-state index in [1.165, 1.54) is 12.4 Å². The summed E-state index contributed by atoms with van der Waals surface area (Å²) in [6, 6.07) is 2.07. The number of amides is 1. The zero-order chi connectivity index (χ0) is 31.6. The van der Waals surface area contributed by atoms with E-state index in [9.17, 15) is 32.3 Å². The molecule has 2 aromatic heterocycles. The number of aromatic nitrogens is 3. The van der Waals surface area contributed by atoms with Crippen LogP contribution in [0, 0.1) is 11.7 Å². The minimum atomic E-state index is -4.87. The Kier molecular flexibility index (Phi) is 9.34. The van der Waals surface area contributed by atoms with Crippen LogP contribution < -0.4 is 15.0 Å². The maximum atomic E-state index is 14.9. The van der Waals surface area contributed by atoms with Gasteiger partial charge in [-0.25, -0.2) is 19.3 Å². The number of methoxy groups -OCH3 is 1. The molecule has 0 saturated carbocycles. The van der Waals surface area contributed by atoms with Crippen LogP contribution in [0.25, 0.3) is 11.3 Å². The summed E-state index contributed by atoms with van der Waals surface area (Å²) in [6.45, 7) is 4.25. The molecular formula is C29H32F4N6O4S. The van der Waals surface area contributed by atoms with Crippen LogP contribution in [0.5, 0.6) is 5.75 Å². The maximum Gasteiger partial charge on any atom is 0.420 e. The molecule has 2 N–H and O–H groups in total. The summed E-state index contributed by atoms with van der Waals surface area (Å²) < 4.78 is 61.1. The number of anilines is 2. The fraction of sp³-hybridized carbons (Fsp3) is 0.483. The van der Waals surface area contributed by atoms with Gasteiger partial charge in [0.25, 0.3) is 5.91 Å². The van der Waals surface area contributed by atoms with Gasteiger partial charge in [0.2, 0.25) is 0 Å². The van der Waals surface area contributed by atoms with Crippen molar-refractivity contribution >= 4 is 34.2 Å². The molecule has 0 aliphatic carbocycles. The largest absolute Gasteiger partial charge is 0.493 e. The van der Waals surface area contributed by atoms with E-state index in [2.05, 4.69) is 32.1 Å². The molecule has 1 atom stereocenters. The minimum Gasteiger partial charge on any atom is -0.493 e. The molecule has 3 aromatic rings. The molecule has 2 aliphatic rings. The minimum absolute atomic E-state index is 0.00656. The van der Waals surface area contributed by atoms with Crippen LogP contribution in [0.2, 0.25) is 0 Å². The summed E-state index contributed by atoms with van der Waals surface area (Å²) in [4.78, 5) is 42.0. The highest BCUT2D eigenvalue weighted by atomic mass is 32.1. The van der Waals surface area contributed by atoms with Crippen LogP contribution in [0.3, 0.4) is 0 Å². The van der Waals surface area contributed by atoms with Gasteiger partial charge in [-0.05, 0) is 50.8 Å². The van der Waals surface area contributed by atoms with E-state index in [1.54, 1.807) is 0 Å². The number of nitrogens with zero attached hydrogens (tertiary/aromatic N) is 5. The number of benzene rings is 1. The Labute approximate surface area is 255 Å². The van der Waals surface area contributed by atoms with Crippen LogP contribution in [-0.4, -0.2) is 69.6 Å². The number of carbonyl (C=O) groups excluding carboxylic acids is 1. The summed E-state index contributed by atoms with van der Waals surface area (Å²) in [5, 5.41) is 12.0. The lowest BCUT2D eigenvalue weighted by Gasteiger charge is -2.30. The van der Waals surface area contributed by atoms with Crippen LogP contribution in [-0.2, 0) is 17.5 Å². The van der Waals surface area contributed by atoms with Gasteiger partial charge >= 0.3 is 12.1 Å². The maximum absolute atomic E-state index is 14.9. The normalized spacial score (nSPS) is 18.0. The molecule has 0 radical (unpaired) electrons. The number of carbonyl (C=O) groups is 2. The van der Waals surface area contributed by atoms with E-state index in [-0.39, 0.29) is 22.1 Å². The second-order valence-corrected chi connectivity index (χ2v) is 11.9. The molecule has 0 unspecified atom stereocenters. The van der Waals surface area contributed by atoms with Gasteiger partial charge in [-0.15, -0.1) is 0 Å². The third-order valence-corrected chi connectivity index (χ3v) is 9.06. The molecule has 1 amide bonds. The van der Waals surface area contributed by atoms with Crippen molar-refractivity contribution in [3.05, 3.63) is 46.5 Å². The molecular weight excluding hydrogens is 604 g/mol. The molecule has 2 fully saturated rings. The number of carboxylic acid groups (broad SMARTS) is 1. The number of hydrogen-bond acceptors (Lipinski definition) is 9. The Morgan fingerprint density at radius 1 is 1.14 bits per heavy atom. The first-order valence-electron chi connectivity index (χ1n) is 14.3. The van der Waals surface area contributed by atoms with Crippen molar-refractivity contribution in [1.29, 1.82) is 0 Å². The molecule has 4 heterocycles. The van der Waals surface area contributed by atoms with Crippen molar-refractivity contribution in [2.24, 2.45) is 5.92 Å². The summed E-state index contributed by atoms with van der Waals surface area (Å²) >= 11 is 1.11. The molecule has 5 rings (SSSR count). The summed E-state index contributed by atoms with van der Waals surface area (Å²) in [5.41, 5.74) is -1.20. The average molecular weight is 637 g/mol. The zero-order valence-corrected chi connectivity index (χ0v) is 25.0. The molecule has 0 spiro atoms. The number of alkyl halides is 3. The van der Waals surface area contributed by atoms with Crippen molar-refractivity contribution < 1.29 is 37.0 Å². The fourth-order valence-electron chi connectivity index (χ4n) is 5.75. The summed E-state index contributed by atoms with van der Waals surface area (Å²) in [5.74, 6) is -3.39. The van der Waals surface area contributed by atoms with Crippen molar-refractivity contribution in [2.75, 3.05) is 37.0 Å². The Bertz CT molecular complexity index is 1510. The number of nitrogens with one attached hydrogen (secondary N) is 1. The Morgan fingerprint density at radius 2 is 1.89 bits per heavy atom. The molecule has 1 aromatic carbocycles. The van der Waals surface area contributed by atoms with Gasteiger partial charge in [-0.1, -0.05) is 18.3 Å². The smallest absolute Gasteiger partial charge is 0.420 e. The van der Waals surface area contributed by atoms with Gasteiger partial charge in [0.15, 0.2) is 16.7 Å². The van der Waals surface area contributed by atoms with Gasteiger partial charge in [0.1, 0.15) is 17.1 Å². The molecule has 236 valence electrons. The Morgan fingerprint density at radius 3 is 2.50 bits per heavy atom. The van der Waals surface area contributed by atoms with E-state index in [0.29, 0.717) is 49.2 Å². The first-order valence-corrected chi connectivity index (χ1v) is 15.1. The lowest BCUT2D eigenvalue weighted by molar-refractivity contribution is -0.142. The van der Waals surface area contributed by atoms with Gasteiger partial charge in [-0.3, -0.25) is 19.8 Å². The van der Waals surface area contributed by atoms with E-state index < -0.39 is 41.1 Å². The number of carboxylic acids is 1. The molecule has 44 heavy (non-hydrogen) atoms. The first-order chi connectivity index (χ1) is 21.0. The fourth-order valence-corrected chi connectivity index (χ4v) is 6.76. The highest BCUT2D eigenvalue weighted by molar-refractivity contribution is 7.16. The third kappa shape index (κ3) is 6.78. The number of hydrogen-bond donors (Lipinski definition) is 2. The molecule has 10 nitrogen and oxygen atoms in total. The van der Waals surface area contributed by atoms with Gasteiger partial charge in [-0.2, -0.15) is 13.2 Å². The molecule has 15 heteroatoms. The standard InChI is InChI=1S/C29H32F4N6O4S/c1-3-18-5-4-8-39(18)15-22-24(17-11-19(29(31,32)33)25(43-2)20(30)12-17)36-28(44-22)37-26(40)21-13-35-23(14-34-21)38-9-6-16(7-10-38)27(41)42/h11-14,16,18H,3-10,15H2,1-2H3,(H,41,42)(H,36,37,40)/t18-/m1/s1. The first kappa shape index (κ1) is 31.6. The van der Waals surface area contributed by atoms with E-state index in [4.69, 9.17) is 4.74 Å². The highest BCUT2D eigenvalue weighted by Gasteiger charge is 2.37. The molecule has 2 saturated heterocycles. The van der Waals surface area contributed by atoms with E-state index in [1.807, 2.05) is 4.90 Å². The van der Waals surface area contributed by atoms with Crippen molar-refractivity contribution in [1.82, 2.24) is 19.9 Å². The van der Waals surface area contributed by atoms with Crippen LogP contribution in [0.4, 0.5) is 28.5 Å². The SMILES string of the molecule is CC[C@@H]1CCCN1Cc1sc(NC(=O)c2cnc(N3CCC(C(=O)O)CC3)cn2)nc1-c1cc(F)c(OC)c(C(F)(F)F)c1. The topological polar surface area (TPSA) is 121 Å². The number of rotatable bonds is 9. The number of thiazole rings is 1. The summed E-state index contributed by atoms with van der Waals surface area (Å²) in [6.07, 6.45) is 1.71. The van der Waals surface area contributed by atoms with Gasteiger partial charge < -0.3 is 14.7 Å². The molecule has 2 aliphatic heterocycles. The number of likely N-dealkylation sites (tertiary alicyclic amines) is 1. The van der Waals surface area contributed by atoms with E-state index >= 15 is 0 Å². The van der Waals surface area contributed by atoms with Crippen LogP contribution in [0.1, 0.15) is 60.0 Å². The zero-order valence-electron chi connectivity index (χ0n) is 24.2. The average Bonchev–Trinajstić information content (AvgIpc) is 3.62. The van der Waals surface area contributed by atoms with Crippen molar-refractivity contribution in [3.63, 3.8) is 0 Å². The van der Waals surface area contributed by atoms with Crippen molar-refractivity contribution in [2.45, 2.75) is 57.8 Å². The number of halogens is 4. The second kappa shape index (κ2) is 13.0. The Hall–Kier alpha value is -3.85. The molecule has 0 bridgehead atoms. The lowest BCUT2D eigenvalue weighted by atomic mass is 9.97. The monoisotopic (exact) mass is 636 g/mol.